The number of carbonyl (C=O) groups excluding carboxylic acids is 2. The van der Waals surface area contributed by atoms with Crippen LogP contribution in [0.4, 0.5) is 5.69 Å². The van der Waals surface area contributed by atoms with Crippen molar-refractivity contribution < 1.29 is 14.3 Å². The Hall–Kier alpha value is -1.59. The number of hydrogen-bond donors (Lipinski definition) is 2. The summed E-state index contributed by atoms with van der Waals surface area (Å²) in [5, 5.41) is 2.73. The molecule has 1 rings (SSSR count). The van der Waals surface area contributed by atoms with E-state index in [4.69, 9.17) is 5.73 Å². The number of rotatable bonds is 5. The van der Waals surface area contributed by atoms with Crippen molar-refractivity contribution in [3.8, 4) is 0 Å². The van der Waals surface area contributed by atoms with Crippen LogP contribution in [0, 0.1) is 5.92 Å². The van der Waals surface area contributed by atoms with Crippen molar-refractivity contribution >= 4 is 30.0 Å². The van der Waals surface area contributed by atoms with Crippen molar-refractivity contribution in [2.24, 2.45) is 11.7 Å². The maximum absolute atomic E-state index is 11.9. The van der Waals surface area contributed by atoms with Crippen LogP contribution in [0.3, 0.4) is 0 Å². The number of methoxy groups -OCH3 is 1. The molecule has 0 heterocycles. The quantitative estimate of drug-likeness (QED) is 0.817. The van der Waals surface area contributed by atoms with Crippen LogP contribution < -0.4 is 11.1 Å². The lowest BCUT2D eigenvalue weighted by atomic mass is 9.99. The van der Waals surface area contributed by atoms with Gasteiger partial charge in [0.1, 0.15) is 0 Å². The molecule has 1 aromatic rings. The highest BCUT2D eigenvalue weighted by molar-refractivity contribution is 5.95. The number of carbonyl (C=O) groups is 2. The summed E-state index contributed by atoms with van der Waals surface area (Å²) in [5.74, 6) is -0.510. The van der Waals surface area contributed by atoms with E-state index in [-0.39, 0.29) is 24.2 Å². The first-order chi connectivity index (χ1) is 8.99. The third-order valence-corrected chi connectivity index (χ3v) is 3.13. The van der Waals surface area contributed by atoms with E-state index in [1.54, 1.807) is 24.3 Å². The Kier molecular flexibility index (Phi) is 7.87. The van der Waals surface area contributed by atoms with Gasteiger partial charge in [-0.05, 0) is 30.2 Å². The van der Waals surface area contributed by atoms with Gasteiger partial charge in [-0.2, -0.15) is 0 Å². The molecule has 0 fully saturated rings. The standard InChI is InChI=1S/C14H20N2O3.ClH/c1-4-9(2)12(15)13(17)16-11-7-5-10(6-8-11)14(18)19-3;/h5-9,12H,4,15H2,1-3H3,(H,16,17);1H. The molecule has 6 heteroatoms. The summed E-state index contributed by atoms with van der Waals surface area (Å²) < 4.78 is 4.60. The molecule has 0 aliphatic heterocycles. The molecule has 0 aliphatic carbocycles. The molecule has 2 atom stereocenters. The molecule has 5 nitrogen and oxygen atoms in total. The Labute approximate surface area is 125 Å². The molecular weight excluding hydrogens is 280 g/mol. The number of esters is 1. The van der Waals surface area contributed by atoms with Crippen LogP contribution in [-0.4, -0.2) is 25.0 Å². The van der Waals surface area contributed by atoms with E-state index in [9.17, 15) is 9.59 Å². The Balaban J connectivity index is 0.00000361. The lowest BCUT2D eigenvalue weighted by Crippen LogP contribution is -2.40. The highest BCUT2D eigenvalue weighted by Gasteiger charge is 2.19. The normalized spacial score (nSPS) is 12.8. The van der Waals surface area contributed by atoms with Crippen molar-refractivity contribution in [1.29, 1.82) is 0 Å². The zero-order valence-corrected chi connectivity index (χ0v) is 12.7. The van der Waals surface area contributed by atoms with Crippen molar-refractivity contribution in [2.75, 3.05) is 12.4 Å². The second-order valence-corrected chi connectivity index (χ2v) is 4.47. The second kappa shape index (κ2) is 8.55. The van der Waals surface area contributed by atoms with Crippen LogP contribution in [0.15, 0.2) is 24.3 Å². The van der Waals surface area contributed by atoms with Crippen molar-refractivity contribution in [2.45, 2.75) is 26.3 Å². The first kappa shape index (κ1) is 18.4. The SMILES string of the molecule is CCC(C)C(N)C(=O)Nc1ccc(C(=O)OC)cc1.Cl. The maximum Gasteiger partial charge on any atom is 0.337 e. The van der Waals surface area contributed by atoms with E-state index in [1.807, 2.05) is 13.8 Å². The molecule has 112 valence electrons. The fourth-order valence-corrected chi connectivity index (χ4v) is 1.55. The van der Waals surface area contributed by atoms with Gasteiger partial charge in [0, 0.05) is 5.69 Å². The Bertz CT molecular complexity index is 448. The molecule has 0 spiro atoms. The minimum absolute atomic E-state index is 0. The van der Waals surface area contributed by atoms with E-state index in [0.717, 1.165) is 6.42 Å². The molecule has 20 heavy (non-hydrogen) atoms. The molecule has 0 aromatic heterocycles. The summed E-state index contributed by atoms with van der Waals surface area (Å²) in [6.07, 6.45) is 0.843. The topological polar surface area (TPSA) is 81.4 Å². The van der Waals surface area contributed by atoms with Gasteiger partial charge in [0.15, 0.2) is 0 Å². The maximum atomic E-state index is 11.9. The van der Waals surface area contributed by atoms with Gasteiger partial charge in [-0.3, -0.25) is 4.79 Å². The number of nitrogens with two attached hydrogens (primary N) is 1. The van der Waals surface area contributed by atoms with Gasteiger partial charge >= 0.3 is 5.97 Å². The van der Waals surface area contributed by atoms with Crippen LogP contribution in [0.5, 0.6) is 0 Å². The van der Waals surface area contributed by atoms with Gasteiger partial charge in [0.25, 0.3) is 0 Å². The number of nitrogens with one attached hydrogen (secondary N) is 1. The van der Waals surface area contributed by atoms with Gasteiger partial charge in [0.05, 0.1) is 18.7 Å². The van der Waals surface area contributed by atoms with Crippen molar-refractivity contribution in [3.63, 3.8) is 0 Å². The fourth-order valence-electron chi connectivity index (χ4n) is 1.55. The summed E-state index contributed by atoms with van der Waals surface area (Å²) in [4.78, 5) is 23.1. The molecule has 0 saturated carbocycles. The first-order valence-corrected chi connectivity index (χ1v) is 6.24. The van der Waals surface area contributed by atoms with Crippen LogP contribution in [0.1, 0.15) is 30.6 Å². The summed E-state index contributed by atoms with van der Waals surface area (Å²) in [6, 6.07) is 5.94. The molecule has 0 aliphatic rings. The molecule has 2 unspecified atom stereocenters. The Morgan fingerprint density at radius 3 is 2.30 bits per heavy atom. The molecule has 0 radical (unpaired) electrons. The van der Waals surface area contributed by atoms with Crippen LogP contribution in [0.25, 0.3) is 0 Å². The second-order valence-electron chi connectivity index (χ2n) is 4.47. The van der Waals surface area contributed by atoms with Gasteiger partial charge in [-0.25, -0.2) is 4.79 Å². The van der Waals surface area contributed by atoms with E-state index in [0.29, 0.717) is 11.3 Å². The molecule has 1 amide bonds. The van der Waals surface area contributed by atoms with E-state index < -0.39 is 12.0 Å². The zero-order valence-electron chi connectivity index (χ0n) is 11.9. The van der Waals surface area contributed by atoms with Gasteiger partial charge in [0.2, 0.25) is 5.91 Å². The van der Waals surface area contributed by atoms with E-state index in [1.165, 1.54) is 7.11 Å². The fraction of sp³-hybridized carbons (Fsp3) is 0.429. The zero-order chi connectivity index (χ0) is 14.4. The molecule has 3 N–H and O–H groups in total. The van der Waals surface area contributed by atoms with Crippen molar-refractivity contribution in [3.05, 3.63) is 29.8 Å². The number of benzene rings is 1. The van der Waals surface area contributed by atoms with Gasteiger partial charge in [-0.15, -0.1) is 12.4 Å². The highest BCUT2D eigenvalue weighted by Crippen LogP contribution is 2.12. The summed E-state index contributed by atoms with van der Waals surface area (Å²) in [7, 11) is 1.32. The third-order valence-electron chi connectivity index (χ3n) is 3.13. The predicted octanol–water partition coefficient (Wildman–Crippen LogP) is 2.21. The Morgan fingerprint density at radius 1 is 1.30 bits per heavy atom. The summed E-state index contributed by atoms with van der Waals surface area (Å²) in [5.41, 5.74) is 6.88. The first-order valence-electron chi connectivity index (χ1n) is 6.24. The summed E-state index contributed by atoms with van der Waals surface area (Å²) in [6.45, 7) is 3.92. The monoisotopic (exact) mass is 300 g/mol. The smallest absolute Gasteiger partial charge is 0.337 e. The van der Waals surface area contributed by atoms with E-state index >= 15 is 0 Å². The minimum atomic E-state index is -0.537. The highest BCUT2D eigenvalue weighted by atomic mass is 35.5. The van der Waals surface area contributed by atoms with Gasteiger partial charge in [-0.1, -0.05) is 20.3 Å². The number of halogens is 1. The molecule has 0 bridgehead atoms. The number of amides is 1. The molecular formula is C14H21ClN2O3. The van der Waals surface area contributed by atoms with Crippen LogP contribution in [-0.2, 0) is 9.53 Å². The molecule has 1 aromatic carbocycles. The molecule has 0 saturated heterocycles. The van der Waals surface area contributed by atoms with Crippen molar-refractivity contribution in [1.82, 2.24) is 0 Å². The largest absolute Gasteiger partial charge is 0.465 e. The predicted molar refractivity (Wildman–Crippen MR) is 81.1 cm³/mol. The van der Waals surface area contributed by atoms with Crippen LogP contribution in [0.2, 0.25) is 0 Å². The Morgan fingerprint density at radius 2 is 1.85 bits per heavy atom. The van der Waals surface area contributed by atoms with Gasteiger partial charge < -0.3 is 15.8 Å². The lowest BCUT2D eigenvalue weighted by molar-refractivity contribution is -0.118. The number of hydrogen-bond acceptors (Lipinski definition) is 4. The lowest BCUT2D eigenvalue weighted by Gasteiger charge is -2.17. The van der Waals surface area contributed by atoms with Crippen LogP contribution >= 0.6 is 12.4 Å². The van der Waals surface area contributed by atoms with E-state index in [2.05, 4.69) is 10.1 Å². The number of anilines is 1. The number of ether oxygens (including phenoxy) is 1. The summed E-state index contributed by atoms with van der Waals surface area (Å²) >= 11 is 0. The third kappa shape index (κ3) is 4.83. The average Bonchev–Trinajstić information content (AvgIpc) is 2.45. The average molecular weight is 301 g/mol. The minimum Gasteiger partial charge on any atom is -0.465 e.